The highest BCUT2D eigenvalue weighted by atomic mass is 16.7. The van der Waals surface area contributed by atoms with Crippen LogP contribution in [0.15, 0.2) is 97.2 Å². The van der Waals surface area contributed by atoms with Crippen molar-refractivity contribution in [2.75, 3.05) is 47.5 Å². The van der Waals surface area contributed by atoms with E-state index in [1.54, 1.807) is 0 Å². The van der Waals surface area contributed by atoms with Crippen molar-refractivity contribution in [3.8, 4) is 0 Å². The van der Waals surface area contributed by atoms with Crippen LogP contribution in [0.2, 0.25) is 0 Å². The quantitative estimate of drug-likeness (QED) is 0.0211. The number of hydrogen-bond acceptors (Lipinski definition) is 7. The van der Waals surface area contributed by atoms with Gasteiger partial charge < -0.3 is 28.5 Å². The molecule has 0 aromatic heterocycles. The summed E-state index contributed by atoms with van der Waals surface area (Å²) in [7, 11) is 5.96. The Kier molecular flexibility index (Phi) is 57.4. The van der Waals surface area contributed by atoms with Crippen molar-refractivity contribution < 1.29 is 42.9 Å². The van der Waals surface area contributed by atoms with E-state index in [1.165, 1.54) is 141 Å². The van der Waals surface area contributed by atoms with E-state index in [1.807, 2.05) is 21.1 Å². The highest BCUT2D eigenvalue weighted by Crippen LogP contribution is 2.17. The number of hydrogen-bond donors (Lipinski definition) is 1. The van der Waals surface area contributed by atoms with Crippen molar-refractivity contribution in [3.05, 3.63) is 97.2 Å². The number of carbonyl (C=O) groups excluding carboxylic acids is 2. The molecule has 0 aliphatic carbocycles. The third-order valence-electron chi connectivity index (χ3n) is 13.8. The van der Waals surface area contributed by atoms with Crippen molar-refractivity contribution in [1.82, 2.24) is 0 Å². The number of esters is 2. The second-order valence-electron chi connectivity index (χ2n) is 22.7. The molecule has 2 atom stereocenters. The summed E-state index contributed by atoms with van der Waals surface area (Å²) in [6.07, 6.45) is 79.4. The third-order valence-corrected chi connectivity index (χ3v) is 13.8. The minimum absolute atomic E-state index is 0.180. The molecule has 0 bridgehead atoms. The number of likely N-dealkylation sites (N-methyl/N-ethyl adjacent to an activating group) is 1. The summed E-state index contributed by atoms with van der Waals surface area (Å²) in [5.74, 6) is -2.03. The van der Waals surface area contributed by atoms with Gasteiger partial charge in [0.05, 0.1) is 34.4 Å². The van der Waals surface area contributed by atoms with Crippen molar-refractivity contribution in [3.63, 3.8) is 0 Å². The highest BCUT2D eigenvalue weighted by Gasteiger charge is 2.25. The molecule has 79 heavy (non-hydrogen) atoms. The summed E-state index contributed by atoms with van der Waals surface area (Å²) >= 11 is 0. The molecule has 1 N–H and O–H groups in total. The number of carboxylic acids is 1. The molecule has 0 aliphatic rings. The summed E-state index contributed by atoms with van der Waals surface area (Å²) < 4.78 is 22.9. The number of carbonyl (C=O) groups is 3. The first-order valence-corrected chi connectivity index (χ1v) is 32.4. The number of aliphatic carboxylic acids is 1. The molecule has 2 unspecified atom stereocenters. The predicted molar refractivity (Wildman–Crippen MR) is 336 cm³/mol. The first kappa shape index (κ1) is 75.2. The van der Waals surface area contributed by atoms with Crippen molar-refractivity contribution in [2.24, 2.45) is 0 Å². The Hall–Kier alpha value is -3.79. The van der Waals surface area contributed by atoms with Crippen molar-refractivity contribution in [2.45, 2.75) is 283 Å². The topological polar surface area (TPSA) is 108 Å². The van der Waals surface area contributed by atoms with Gasteiger partial charge in [0.1, 0.15) is 13.2 Å². The van der Waals surface area contributed by atoms with Gasteiger partial charge in [-0.2, -0.15) is 0 Å². The standard InChI is InChI=1S/C70H121NO8/c1-6-8-10-12-14-16-18-20-22-24-26-28-29-30-31-32-33-34-35-36-37-38-39-41-42-44-46-48-50-52-54-56-58-60-67(72)77-64-66(65-78-70(69(74)75)76-63-62-71(3,4)5)79-68(73)61-59-57-55-53-51-49-47-45-43-40-27-25-23-21-19-17-15-13-11-9-7-2/h9,11,15,17-18,20-21,23-24,26-27,29-30,40,45,47,66,70H,6-8,10,12-14,16,19,22,25,28,31-39,41-44,46,48-65H2,1-5H3/p+1/b11-9-,17-15-,20-18-,23-21-,26-24-,30-29-,40-27-,47-45-. The maximum Gasteiger partial charge on any atom is 0.361 e. The zero-order valence-corrected chi connectivity index (χ0v) is 51.8. The number of allylic oxidation sites excluding steroid dienone is 16. The van der Waals surface area contributed by atoms with Crippen LogP contribution in [0.4, 0.5) is 0 Å². The van der Waals surface area contributed by atoms with Crippen molar-refractivity contribution in [1.29, 1.82) is 0 Å². The van der Waals surface area contributed by atoms with Gasteiger partial charge in [-0.1, -0.05) is 259 Å². The molecule has 0 saturated carbocycles. The maximum absolute atomic E-state index is 12.9. The van der Waals surface area contributed by atoms with Gasteiger partial charge >= 0.3 is 17.9 Å². The number of nitrogens with zero attached hydrogens (tertiary/aromatic N) is 1. The molecular weight excluding hydrogens is 983 g/mol. The molecule has 0 aromatic carbocycles. The first-order chi connectivity index (χ1) is 38.6. The zero-order chi connectivity index (χ0) is 57.6. The fraction of sp³-hybridized carbons (Fsp3) is 0.729. The molecule has 454 valence electrons. The number of quaternary nitrogens is 1. The number of unbranched alkanes of at least 4 members (excludes halogenated alkanes) is 28. The number of rotatable bonds is 59. The average molecular weight is 1110 g/mol. The summed E-state index contributed by atoms with van der Waals surface area (Å²) in [4.78, 5) is 37.5. The van der Waals surface area contributed by atoms with Crippen LogP contribution in [0, 0.1) is 0 Å². The highest BCUT2D eigenvalue weighted by molar-refractivity contribution is 5.71. The summed E-state index contributed by atoms with van der Waals surface area (Å²) in [5, 5.41) is 9.72. The fourth-order valence-corrected chi connectivity index (χ4v) is 8.87. The molecule has 0 heterocycles. The zero-order valence-electron chi connectivity index (χ0n) is 51.8. The van der Waals surface area contributed by atoms with E-state index in [0.717, 1.165) is 96.3 Å². The lowest BCUT2D eigenvalue weighted by molar-refractivity contribution is -0.870. The Morgan fingerprint density at radius 1 is 0.392 bits per heavy atom. The Bertz CT molecular complexity index is 1620. The predicted octanol–water partition coefficient (Wildman–Crippen LogP) is 19.7. The monoisotopic (exact) mass is 1100 g/mol. The molecule has 0 spiro atoms. The second kappa shape index (κ2) is 60.3. The summed E-state index contributed by atoms with van der Waals surface area (Å²) in [5.41, 5.74) is 0. The van der Waals surface area contributed by atoms with Crippen LogP contribution in [0.25, 0.3) is 0 Å². The van der Waals surface area contributed by atoms with Crippen molar-refractivity contribution >= 4 is 17.9 Å². The van der Waals surface area contributed by atoms with Gasteiger partial charge in [-0.3, -0.25) is 9.59 Å². The molecule has 9 heteroatoms. The normalized spacial score (nSPS) is 13.4. The molecular formula is C70H122NO8+. The Morgan fingerprint density at radius 2 is 0.722 bits per heavy atom. The van der Waals surface area contributed by atoms with Crippen LogP contribution < -0.4 is 0 Å². The van der Waals surface area contributed by atoms with Crippen LogP contribution in [0.5, 0.6) is 0 Å². The Balaban J connectivity index is 4.14. The Morgan fingerprint density at radius 3 is 1.08 bits per heavy atom. The molecule has 0 radical (unpaired) electrons. The lowest BCUT2D eigenvalue weighted by atomic mass is 10.0. The maximum atomic E-state index is 12.9. The lowest BCUT2D eigenvalue weighted by Gasteiger charge is -2.25. The van der Waals surface area contributed by atoms with Crippen LogP contribution in [-0.2, 0) is 33.3 Å². The van der Waals surface area contributed by atoms with Gasteiger partial charge in [-0.05, 0) is 96.3 Å². The van der Waals surface area contributed by atoms with Crippen LogP contribution in [0.3, 0.4) is 0 Å². The van der Waals surface area contributed by atoms with E-state index in [4.69, 9.17) is 18.9 Å². The van der Waals surface area contributed by atoms with Crippen LogP contribution >= 0.6 is 0 Å². The summed E-state index contributed by atoms with van der Waals surface area (Å²) in [6, 6.07) is 0. The number of carboxylic acid groups (broad SMARTS) is 1. The van der Waals surface area contributed by atoms with E-state index in [9.17, 15) is 19.5 Å². The minimum atomic E-state index is -1.52. The van der Waals surface area contributed by atoms with E-state index in [2.05, 4.69) is 111 Å². The minimum Gasteiger partial charge on any atom is -0.477 e. The first-order valence-electron chi connectivity index (χ1n) is 32.4. The molecule has 0 rings (SSSR count). The lowest BCUT2D eigenvalue weighted by Crippen LogP contribution is -2.40. The SMILES string of the molecule is CC/C=C\C/C=C\C/C=C\C/C=C\C/C=C\CCCCCCCC(=O)OC(COC(=O)CCCCCCCCCCCCCCCCCCCC/C=C\C/C=C\C/C=C\CCCCCCC)COC(OCC[N+](C)(C)C)C(=O)O. The van der Waals surface area contributed by atoms with Gasteiger partial charge in [-0.15, -0.1) is 0 Å². The van der Waals surface area contributed by atoms with E-state index < -0.39 is 24.3 Å². The van der Waals surface area contributed by atoms with Gasteiger partial charge in [0, 0.05) is 12.8 Å². The van der Waals surface area contributed by atoms with Gasteiger partial charge in [0.15, 0.2) is 6.10 Å². The second-order valence-corrected chi connectivity index (χ2v) is 22.7. The van der Waals surface area contributed by atoms with E-state index in [-0.39, 0.29) is 32.2 Å². The van der Waals surface area contributed by atoms with Crippen LogP contribution in [0.1, 0.15) is 271 Å². The van der Waals surface area contributed by atoms with Gasteiger partial charge in [0.2, 0.25) is 0 Å². The van der Waals surface area contributed by atoms with E-state index >= 15 is 0 Å². The van der Waals surface area contributed by atoms with Gasteiger partial charge in [0.25, 0.3) is 6.29 Å². The van der Waals surface area contributed by atoms with Gasteiger partial charge in [-0.25, -0.2) is 4.79 Å². The average Bonchev–Trinajstić information content (AvgIpc) is 3.42. The smallest absolute Gasteiger partial charge is 0.361 e. The fourth-order valence-electron chi connectivity index (χ4n) is 8.87. The summed E-state index contributed by atoms with van der Waals surface area (Å²) in [6.45, 7) is 4.74. The molecule has 0 aromatic rings. The van der Waals surface area contributed by atoms with Crippen LogP contribution in [-0.4, -0.2) is 87.4 Å². The third kappa shape index (κ3) is 61.7. The largest absolute Gasteiger partial charge is 0.477 e. The van der Waals surface area contributed by atoms with E-state index in [0.29, 0.717) is 23.9 Å². The molecule has 0 fully saturated rings. The molecule has 0 amide bonds. The molecule has 0 aliphatic heterocycles. The number of ether oxygens (including phenoxy) is 4. The Labute approximate surface area is 486 Å². The molecule has 9 nitrogen and oxygen atoms in total. The molecule has 0 saturated heterocycles.